The molecule has 0 radical (unpaired) electrons. The number of piperidine rings is 1. The summed E-state index contributed by atoms with van der Waals surface area (Å²) in [6.07, 6.45) is 4.77. The molecule has 0 aliphatic carbocycles. The zero-order chi connectivity index (χ0) is 14.8. The van der Waals surface area contributed by atoms with Gasteiger partial charge in [-0.3, -0.25) is 4.79 Å². The molecule has 2 N–H and O–H groups in total. The molecule has 0 bridgehead atoms. The monoisotopic (exact) mass is 288 g/mol. The summed E-state index contributed by atoms with van der Waals surface area (Å²) in [4.78, 5) is 14.6. The van der Waals surface area contributed by atoms with E-state index in [2.05, 4.69) is 5.32 Å². The largest absolute Gasteiger partial charge is 0.508 e. The molecule has 0 aromatic heterocycles. The van der Waals surface area contributed by atoms with Crippen molar-refractivity contribution in [2.24, 2.45) is 5.92 Å². The maximum Gasteiger partial charge on any atom is 0.254 e. The van der Waals surface area contributed by atoms with Crippen LogP contribution in [-0.4, -0.2) is 41.6 Å². The molecule has 1 aromatic rings. The van der Waals surface area contributed by atoms with E-state index in [1.165, 1.54) is 12.8 Å². The Kier molecular flexibility index (Phi) is 4.15. The van der Waals surface area contributed by atoms with Crippen LogP contribution in [0, 0.1) is 12.8 Å². The average Bonchev–Trinajstić information content (AvgIpc) is 3.01. The van der Waals surface area contributed by atoms with Gasteiger partial charge in [0.05, 0.1) is 0 Å². The molecule has 1 aromatic carbocycles. The van der Waals surface area contributed by atoms with Crippen LogP contribution in [0.25, 0.3) is 0 Å². The van der Waals surface area contributed by atoms with Crippen LogP contribution in [0.5, 0.6) is 5.75 Å². The molecule has 0 spiro atoms. The predicted octanol–water partition coefficient (Wildman–Crippen LogP) is 2.30. The van der Waals surface area contributed by atoms with Crippen molar-refractivity contribution in [3.8, 4) is 5.75 Å². The van der Waals surface area contributed by atoms with E-state index in [0.29, 0.717) is 11.6 Å². The minimum atomic E-state index is 0.102. The second-order valence-electron chi connectivity index (χ2n) is 6.33. The molecule has 2 heterocycles. The van der Waals surface area contributed by atoms with Gasteiger partial charge in [0.25, 0.3) is 5.91 Å². The van der Waals surface area contributed by atoms with Gasteiger partial charge in [-0.25, -0.2) is 0 Å². The Morgan fingerprint density at radius 3 is 2.67 bits per heavy atom. The maximum atomic E-state index is 12.6. The maximum absolute atomic E-state index is 12.6. The number of carbonyl (C=O) groups excluding carboxylic acids is 1. The van der Waals surface area contributed by atoms with Crippen LogP contribution in [0.3, 0.4) is 0 Å². The molecule has 21 heavy (non-hydrogen) atoms. The van der Waals surface area contributed by atoms with Crippen molar-refractivity contribution >= 4 is 5.91 Å². The van der Waals surface area contributed by atoms with Crippen LogP contribution in [0.4, 0.5) is 0 Å². The third-order valence-corrected chi connectivity index (χ3v) is 4.93. The fourth-order valence-electron chi connectivity index (χ4n) is 3.68. The molecule has 1 unspecified atom stereocenters. The van der Waals surface area contributed by atoms with Crippen molar-refractivity contribution in [3.63, 3.8) is 0 Å². The molecule has 2 fully saturated rings. The Balaban J connectivity index is 1.62. The average molecular weight is 288 g/mol. The van der Waals surface area contributed by atoms with Gasteiger partial charge >= 0.3 is 0 Å². The highest BCUT2D eigenvalue weighted by Gasteiger charge is 2.30. The lowest BCUT2D eigenvalue weighted by Crippen LogP contribution is -2.43. The summed E-state index contributed by atoms with van der Waals surface area (Å²) in [6.45, 7) is 4.72. The number of aromatic hydroxyl groups is 1. The van der Waals surface area contributed by atoms with Gasteiger partial charge < -0.3 is 15.3 Å². The van der Waals surface area contributed by atoms with Gasteiger partial charge in [0.1, 0.15) is 5.75 Å². The number of nitrogens with zero attached hydrogens (tertiary/aromatic N) is 1. The van der Waals surface area contributed by atoms with E-state index in [4.69, 9.17) is 0 Å². The number of amides is 1. The van der Waals surface area contributed by atoms with Crippen LogP contribution < -0.4 is 5.32 Å². The molecule has 0 saturated carbocycles. The topological polar surface area (TPSA) is 52.6 Å². The van der Waals surface area contributed by atoms with E-state index in [0.717, 1.165) is 44.0 Å². The second-order valence-corrected chi connectivity index (χ2v) is 6.33. The van der Waals surface area contributed by atoms with E-state index in [1.54, 1.807) is 18.2 Å². The fraction of sp³-hybridized carbons (Fsp3) is 0.588. The number of benzene rings is 1. The number of hydrogen-bond donors (Lipinski definition) is 2. The highest BCUT2D eigenvalue weighted by atomic mass is 16.3. The molecular formula is C17H24N2O2. The van der Waals surface area contributed by atoms with Crippen molar-refractivity contribution in [1.82, 2.24) is 10.2 Å². The van der Waals surface area contributed by atoms with Gasteiger partial charge in [-0.05, 0) is 68.8 Å². The first-order valence-electron chi connectivity index (χ1n) is 7.97. The molecule has 1 atom stereocenters. The number of nitrogens with one attached hydrogen (secondary N) is 1. The van der Waals surface area contributed by atoms with Crippen LogP contribution >= 0.6 is 0 Å². The molecule has 3 rings (SSSR count). The molecule has 4 nitrogen and oxygen atoms in total. The SMILES string of the molecule is Cc1cc(O)ccc1C(=O)N1CCC(C2CCCN2)CC1. The number of phenols is 1. The Bertz CT molecular complexity index is 516. The van der Waals surface area contributed by atoms with E-state index in [9.17, 15) is 9.90 Å². The van der Waals surface area contributed by atoms with Crippen LogP contribution in [0.1, 0.15) is 41.6 Å². The van der Waals surface area contributed by atoms with Gasteiger partial charge in [0.2, 0.25) is 0 Å². The zero-order valence-electron chi connectivity index (χ0n) is 12.6. The lowest BCUT2D eigenvalue weighted by atomic mass is 9.88. The first-order chi connectivity index (χ1) is 10.1. The minimum absolute atomic E-state index is 0.102. The third kappa shape index (κ3) is 3.05. The molecule has 1 amide bonds. The summed E-state index contributed by atoms with van der Waals surface area (Å²) >= 11 is 0. The fourth-order valence-corrected chi connectivity index (χ4v) is 3.68. The zero-order valence-corrected chi connectivity index (χ0v) is 12.6. The second kappa shape index (κ2) is 6.06. The van der Waals surface area contributed by atoms with E-state index < -0.39 is 0 Å². The molecule has 2 aliphatic rings. The summed E-state index contributed by atoms with van der Waals surface area (Å²) in [5.74, 6) is 1.04. The standard InChI is InChI=1S/C17H24N2O2/c1-12-11-14(20)4-5-15(12)17(21)19-9-6-13(7-10-19)16-3-2-8-18-16/h4-5,11,13,16,18,20H,2-3,6-10H2,1H3. The highest BCUT2D eigenvalue weighted by Crippen LogP contribution is 2.27. The normalized spacial score (nSPS) is 23.5. The van der Waals surface area contributed by atoms with Crippen molar-refractivity contribution < 1.29 is 9.90 Å². The van der Waals surface area contributed by atoms with Crippen molar-refractivity contribution in [1.29, 1.82) is 0 Å². The number of hydrogen-bond acceptors (Lipinski definition) is 3. The van der Waals surface area contributed by atoms with Gasteiger partial charge in [0.15, 0.2) is 0 Å². The lowest BCUT2D eigenvalue weighted by Gasteiger charge is -2.35. The Morgan fingerprint density at radius 1 is 1.29 bits per heavy atom. The quantitative estimate of drug-likeness (QED) is 0.878. The number of carbonyl (C=O) groups is 1. The van der Waals surface area contributed by atoms with Crippen molar-refractivity contribution in [3.05, 3.63) is 29.3 Å². The number of aryl methyl sites for hydroxylation is 1. The molecule has 2 aliphatic heterocycles. The molecule has 2 saturated heterocycles. The van der Waals surface area contributed by atoms with E-state index in [1.807, 2.05) is 11.8 Å². The summed E-state index contributed by atoms with van der Waals surface area (Å²) in [6, 6.07) is 5.65. The molecule has 4 heteroatoms. The van der Waals surface area contributed by atoms with E-state index in [-0.39, 0.29) is 11.7 Å². The van der Waals surface area contributed by atoms with Crippen LogP contribution in [-0.2, 0) is 0 Å². The third-order valence-electron chi connectivity index (χ3n) is 4.93. The van der Waals surface area contributed by atoms with Gasteiger partial charge in [-0.15, -0.1) is 0 Å². The minimum Gasteiger partial charge on any atom is -0.508 e. The van der Waals surface area contributed by atoms with Crippen molar-refractivity contribution in [2.75, 3.05) is 19.6 Å². The molecular weight excluding hydrogens is 264 g/mol. The van der Waals surface area contributed by atoms with Gasteiger partial charge in [-0.1, -0.05) is 0 Å². The Hall–Kier alpha value is -1.55. The Labute approximate surface area is 126 Å². The van der Waals surface area contributed by atoms with E-state index >= 15 is 0 Å². The summed E-state index contributed by atoms with van der Waals surface area (Å²) in [5.41, 5.74) is 1.56. The number of rotatable bonds is 2. The highest BCUT2D eigenvalue weighted by molar-refractivity contribution is 5.95. The molecule has 114 valence electrons. The summed E-state index contributed by atoms with van der Waals surface area (Å²) in [7, 11) is 0. The number of phenolic OH excluding ortho intramolecular Hbond substituents is 1. The summed E-state index contributed by atoms with van der Waals surface area (Å²) < 4.78 is 0. The van der Waals surface area contributed by atoms with Crippen LogP contribution in [0.2, 0.25) is 0 Å². The Morgan fingerprint density at radius 2 is 2.05 bits per heavy atom. The van der Waals surface area contributed by atoms with Crippen LogP contribution in [0.15, 0.2) is 18.2 Å². The smallest absolute Gasteiger partial charge is 0.254 e. The first-order valence-corrected chi connectivity index (χ1v) is 7.97. The predicted molar refractivity (Wildman–Crippen MR) is 82.5 cm³/mol. The van der Waals surface area contributed by atoms with Crippen molar-refractivity contribution in [2.45, 2.75) is 38.6 Å². The first kappa shape index (κ1) is 14.4. The number of likely N-dealkylation sites (tertiary alicyclic amines) is 1. The van der Waals surface area contributed by atoms with Gasteiger partial charge in [0, 0.05) is 24.7 Å². The lowest BCUT2D eigenvalue weighted by molar-refractivity contribution is 0.0673. The van der Waals surface area contributed by atoms with Gasteiger partial charge in [-0.2, -0.15) is 0 Å². The summed E-state index contributed by atoms with van der Waals surface area (Å²) in [5, 5.41) is 13.0.